The van der Waals surface area contributed by atoms with Crippen LogP contribution in [0.15, 0.2) is 47.5 Å². The molecule has 2 nitrogen and oxygen atoms in total. The Morgan fingerprint density at radius 3 is 2.36 bits per heavy atom. The molecule has 0 atom stereocenters. The van der Waals surface area contributed by atoms with Crippen molar-refractivity contribution in [2.24, 2.45) is 4.99 Å². The maximum absolute atomic E-state index is 4.78. The predicted octanol–water partition coefficient (Wildman–Crippen LogP) is 5.69. The van der Waals surface area contributed by atoms with Crippen molar-refractivity contribution in [2.45, 2.75) is 52.9 Å². The quantitative estimate of drug-likeness (QED) is 0.594. The van der Waals surface area contributed by atoms with Gasteiger partial charge >= 0.3 is 0 Å². The number of anilines is 1. The average Bonchev–Trinajstić information content (AvgIpc) is 3.08. The Hall–Kier alpha value is -2.09. The lowest BCUT2D eigenvalue weighted by atomic mass is 9.98. The van der Waals surface area contributed by atoms with Crippen molar-refractivity contribution in [1.29, 1.82) is 0 Å². The second-order valence-electron chi connectivity index (χ2n) is 7.11. The molecule has 0 saturated heterocycles. The molecule has 25 heavy (non-hydrogen) atoms. The normalized spacial score (nSPS) is 14.0. The van der Waals surface area contributed by atoms with Crippen LogP contribution >= 0.6 is 0 Å². The zero-order valence-corrected chi connectivity index (χ0v) is 15.9. The highest BCUT2D eigenvalue weighted by atomic mass is 15.2. The lowest BCUT2D eigenvalue weighted by Crippen LogP contribution is -2.29. The van der Waals surface area contributed by atoms with Gasteiger partial charge in [0.1, 0.15) is 5.84 Å². The molecule has 0 fully saturated rings. The standard InChI is InChI=1S/C23H30N2/c1-4-5-6-8-11-20-16-18(2)22(19(3)17-20)25-15-14-24-23(25)21-12-9-7-10-13-21/h7,9-10,12-13,16-17H,4-6,8,11,14-15H2,1-3H3. The van der Waals surface area contributed by atoms with E-state index < -0.39 is 0 Å². The zero-order chi connectivity index (χ0) is 17.6. The van der Waals surface area contributed by atoms with Gasteiger partial charge in [-0.3, -0.25) is 4.99 Å². The molecule has 0 N–H and O–H groups in total. The van der Waals surface area contributed by atoms with E-state index in [2.05, 4.69) is 68.1 Å². The van der Waals surface area contributed by atoms with Gasteiger partial charge in [-0.15, -0.1) is 0 Å². The molecule has 2 aromatic carbocycles. The smallest absolute Gasteiger partial charge is 0.135 e. The highest BCUT2D eigenvalue weighted by Crippen LogP contribution is 2.30. The number of aliphatic imine (C=N–C) groups is 1. The first kappa shape index (κ1) is 17.7. The van der Waals surface area contributed by atoms with Crippen LogP contribution in [0.5, 0.6) is 0 Å². The molecule has 2 aromatic rings. The van der Waals surface area contributed by atoms with E-state index in [9.17, 15) is 0 Å². The van der Waals surface area contributed by atoms with E-state index >= 15 is 0 Å². The van der Waals surface area contributed by atoms with Gasteiger partial charge in [-0.2, -0.15) is 0 Å². The van der Waals surface area contributed by atoms with Gasteiger partial charge in [0.2, 0.25) is 0 Å². The van der Waals surface area contributed by atoms with Crippen molar-refractivity contribution in [1.82, 2.24) is 0 Å². The molecular weight excluding hydrogens is 304 g/mol. The summed E-state index contributed by atoms with van der Waals surface area (Å²) in [4.78, 5) is 7.18. The van der Waals surface area contributed by atoms with Crippen LogP contribution in [-0.4, -0.2) is 18.9 Å². The molecule has 0 amide bonds. The number of amidine groups is 1. The third kappa shape index (κ3) is 4.12. The van der Waals surface area contributed by atoms with Crippen LogP contribution in [0.25, 0.3) is 0 Å². The topological polar surface area (TPSA) is 15.6 Å². The Morgan fingerprint density at radius 1 is 0.960 bits per heavy atom. The fourth-order valence-electron chi connectivity index (χ4n) is 3.87. The maximum atomic E-state index is 4.78. The van der Waals surface area contributed by atoms with Crippen molar-refractivity contribution in [3.63, 3.8) is 0 Å². The van der Waals surface area contributed by atoms with E-state index in [0.717, 1.165) is 18.9 Å². The summed E-state index contributed by atoms with van der Waals surface area (Å²) in [5.41, 5.74) is 6.78. The minimum Gasteiger partial charge on any atom is -0.324 e. The molecule has 1 heterocycles. The van der Waals surface area contributed by atoms with Crippen LogP contribution in [0, 0.1) is 13.8 Å². The van der Waals surface area contributed by atoms with E-state index in [1.807, 2.05) is 0 Å². The number of rotatable bonds is 7. The summed E-state index contributed by atoms with van der Waals surface area (Å²) in [7, 11) is 0. The van der Waals surface area contributed by atoms with Gasteiger partial charge in [-0.05, 0) is 43.4 Å². The van der Waals surface area contributed by atoms with Gasteiger partial charge in [0, 0.05) is 17.8 Å². The van der Waals surface area contributed by atoms with Crippen LogP contribution in [0.3, 0.4) is 0 Å². The van der Waals surface area contributed by atoms with Gasteiger partial charge in [0.25, 0.3) is 0 Å². The number of nitrogens with zero attached hydrogens (tertiary/aromatic N) is 2. The zero-order valence-electron chi connectivity index (χ0n) is 15.9. The van der Waals surface area contributed by atoms with E-state index in [4.69, 9.17) is 4.99 Å². The molecular formula is C23H30N2. The lowest BCUT2D eigenvalue weighted by molar-refractivity contribution is 0.666. The molecule has 0 spiro atoms. The molecule has 0 unspecified atom stereocenters. The molecule has 0 radical (unpaired) electrons. The van der Waals surface area contributed by atoms with Crippen LogP contribution in [0.4, 0.5) is 5.69 Å². The van der Waals surface area contributed by atoms with E-state index in [1.165, 1.54) is 60.0 Å². The minimum atomic E-state index is 0.877. The van der Waals surface area contributed by atoms with Crippen LogP contribution in [0.1, 0.15) is 54.9 Å². The summed E-state index contributed by atoms with van der Waals surface area (Å²) in [6.45, 7) is 8.62. The summed E-state index contributed by atoms with van der Waals surface area (Å²) in [6.07, 6.45) is 6.48. The van der Waals surface area contributed by atoms with Crippen molar-refractivity contribution in [3.8, 4) is 0 Å². The molecule has 1 aliphatic rings. The lowest BCUT2D eigenvalue weighted by Gasteiger charge is -2.25. The number of hydrogen-bond acceptors (Lipinski definition) is 2. The Kier molecular flexibility index (Phi) is 5.91. The molecule has 2 heteroatoms. The first-order chi connectivity index (χ1) is 12.2. The highest BCUT2D eigenvalue weighted by Gasteiger charge is 2.23. The second kappa shape index (κ2) is 8.33. The predicted molar refractivity (Wildman–Crippen MR) is 109 cm³/mol. The molecule has 3 rings (SSSR count). The van der Waals surface area contributed by atoms with E-state index in [1.54, 1.807) is 0 Å². The number of benzene rings is 2. The van der Waals surface area contributed by atoms with E-state index in [0.29, 0.717) is 0 Å². The van der Waals surface area contributed by atoms with Gasteiger partial charge in [-0.1, -0.05) is 68.7 Å². The third-order valence-electron chi connectivity index (χ3n) is 5.01. The van der Waals surface area contributed by atoms with Crippen LogP contribution in [-0.2, 0) is 6.42 Å². The molecule has 1 aliphatic heterocycles. The molecule has 0 aliphatic carbocycles. The number of hydrogen-bond donors (Lipinski definition) is 0. The summed E-state index contributed by atoms with van der Waals surface area (Å²) in [5, 5.41) is 0. The highest BCUT2D eigenvalue weighted by molar-refractivity contribution is 6.11. The number of aryl methyl sites for hydroxylation is 3. The SMILES string of the molecule is CCCCCCc1cc(C)c(N2CCN=C2c2ccccc2)c(C)c1. The van der Waals surface area contributed by atoms with Gasteiger partial charge in [-0.25, -0.2) is 0 Å². The van der Waals surface area contributed by atoms with Crippen LogP contribution in [0.2, 0.25) is 0 Å². The summed E-state index contributed by atoms with van der Waals surface area (Å²) in [5.74, 6) is 1.11. The summed E-state index contributed by atoms with van der Waals surface area (Å²) in [6, 6.07) is 15.3. The van der Waals surface area contributed by atoms with Crippen molar-refractivity contribution < 1.29 is 0 Å². The van der Waals surface area contributed by atoms with Crippen molar-refractivity contribution >= 4 is 11.5 Å². The third-order valence-corrected chi connectivity index (χ3v) is 5.01. The molecule has 0 aromatic heterocycles. The average molecular weight is 335 g/mol. The summed E-state index contributed by atoms with van der Waals surface area (Å²) < 4.78 is 0. The molecule has 0 saturated carbocycles. The minimum absolute atomic E-state index is 0.877. The Bertz CT molecular complexity index is 708. The monoisotopic (exact) mass is 334 g/mol. The van der Waals surface area contributed by atoms with Crippen molar-refractivity contribution in [2.75, 3.05) is 18.0 Å². The maximum Gasteiger partial charge on any atom is 0.135 e. The number of unbranched alkanes of at least 4 members (excludes halogenated alkanes) is 3. The Morgan fingerprint density at radius 2 is 1.68 bits per heavy atom. The largest absolute Gasteiger partial charge is 0.324 e. The van der Waals surface area contributed by atoms with Gasteiger partial charge in [0.05, 0.1) is 6.54 Å². The fourth-order valence-corrected chi connectivity index (χ4v) is 3.87. The summed E-state index contributed by atoms with van der Waals surface area (Å²) >= 11 is 0. The second-order valence-corrected chi connectivity index (χ2v) is 7.11. The molecule has 132 valence electrons. The van der Waals surface area contributed by atoms with Crippen molar-refractivity contribution in [3.05, 3.63) is 64.7 Å². The van der Waals surface area contributed by atoms with Crippen LogP contribution < -0.4 is 4.90 Å². The molecule has 0 bridgehead atoms. The van der Waals surface area contributed by atoms with Gasteiger partial charge in [0.15, 0.2) is 0 Å². The Balaban J connectivity index is 1.81. The fraction of sp³-hybridized carbons (Fsp3) is 0.435. The first-order valence-electron chi connectivity index (χ1n) is 9.68. The Labute approximate surface area is 152 Å². The first-order valence-corrected chi connectivity index (χ1v) is 9.68. The van der Waals surface area contributed by atoms with E-state index in [-0.39, 0.29) is 0 Å². The van der Waals surface area contributed by atoms with Gasteiger partial charge < -0.3 is 4.90 Å².